The lowest BCUT2D eigenvalue weighted by atomic mass is 9.81. The van der Waals surface area contributed by atoms with Gasteiger partial charge in [0.05, 0.1) is 17.6 Å². The molecule has 1 aromatic rings. The van der Waals surface area contributed by atoms with Gasteiger partial charge in [0.25, 0.3) is 0 Å². The third-order valence-corrected chi connectivity index (χ3v) is 3.07. The van der Waals surface area contributed by atoms with Gasteiger partial charge in [-0.15, -0.1) is 0 Å². The molecule has 78 valence electrons. The summed E-state index contributed by atoms with van der Waals surface area (Å²) in [4.78, 5) is 4.20. The van der Waals surface area contributed by atoms with Crippen LogP contribution in [0.5, 0.6) is 0 Å². The van der Waals surface area contributed by atoms with Crippen LogP contribution in [0.1, 0.15) is 45.3 Å². The summed E-state index contributed by atoms with van der Waals surface area (Å²) in [5.41, 5.74) is 6.96. The highest BCUT2D eigenvalue weighted by Gasteiger charge is 2.30. The molecule has 0 radical (unpaired) electrons. The highest BCUT2D eigenvalue weighted by molar-refractivity contribution is 5.12. The van der Waals surface area contributed by atoms with Crippen LogP contribution in [0, 0.1) is 5.92 Å². The Labute approximate surface area is 85.3 Å². The number of imidazole rings is 1. The molecule has 1 saturated carbocycles. The van der Waals surface area contributed by atoms with Gasteiger partial charge in [-0.2, -0.15) is 0 Å². The van der Waals surface area contributed by atoms with E-state index in [1.807, 2.05) is 26.4 Å². The molecule has 1 aliphatic carbocycles. The first-order chi connectivity index (χ1) is 6.48. The zero-order chi connectivity index (χ0) is 10.3. The number of rotatable bonds is 2. The van der Waals surface area contributed by atoms with Crippen LogP contribution in [-0.4, -0.2) is 9.55 Å². The van der Waals surface area contributed by atoms with E-state index >= 15 is 0 Å². The van der Waals surface area contributed by atoms with Crippen LogP contribution in [0.3, 0.4) is 0 Å². The Morgan fingerprint density at radius 2 is 2.14 bits per heavy atom. The van der Waals surface area contributed by atoms with Crippen LogP contribution in [0.25, 0.3) is 0 Å². The second-order valence-electron chi connectivity index (χ2n) is 5.14. The van der Waals surface area contributed by atoms with Gasteiger partial charge in [-0.25, -0.2) is 4.98 Å². The van der Waals surface area contributed by atoms with E-state index in [1.54, 1.807) is 0 Å². The topological polar surface area (TPSA) is 43.8 Å². The third kappa shape index (κ3) is 1.57. The Morgan fingerprint density at radius 1 is 1.50 bits per heavy atom. The highest BCUT2D eigenvalue weighted by Crippen LogP contribution is 2.38. The summed E-state index contributed by atoms with van der Waals surface area (Å²) in [6.45, 7) is 6.35. The van der Waals surface area contributed by atoms with Crippen LogP contribution in [0.15, 0.2) is 12.5 Å². The SMILES string of the molecule is CC1CC(n2cncc2C(C)(C)N)C1. The normalized spacial score (nSPS) is 27.4. The molecule has 2 N–H and O–H groups in total. The second-order valence-corrected chi connectivity index (χ2v) is 5.14. The Morgan fingerprint density at radius 3 is 2.64 bits per heavy atom. The fraction of sp³-hybridized carbons (Fsp3) is 0.727. The maximum absolute atomic E-state index is 6.09. The minimum absolute atomic E-state index is 0.282. The predicted molar refractivity (Wildman–Crippen MR) is 56.9 cm³/mol. The number of nitrogens with two attached hydrogens (primary N) is 1. The van der Waals surface area contributed by atoms with Crippen molar-refractivity contribution in [2.45, 2.75) is 45.2 Å². The van der Waals surface area contributed by atoms with Crippen molar-refractivity contribution < 1.29 is 0 Å². The summed E-state index contributed by atoms with van der Waals surface area (Å²) < 4.78 is 2.25. The van der Waals surface area contributed by atoms with Crippen molar-refractivity contribution in [1.82, 2.24) is 9.55 Å². The fourth-order valence-electron chi connectivity index (χ4n) is 2.18. The van der Waals surface area contributed by atoms with Gasteiger partial charge in [0, 0.05) is 12.2 Å². The Kier molecular flexibility index (Phi) is 2.14. The molecule has 1 aromatic heterocycles. The molecule has 3 nitrogen and oxygen atoms in total. The van der Waals surface area contributed by atoms with Gasteiger partial charge in [0.15, 0.2) is 0 Å². The van der Waals surface area contributed by atoms with Gasteiger partial charge in [-0.1, -0.05) is 6.92 Å². The summed E-state index contributed by atoms with van der Waals surface area (Å²) in [7, 11) is 0. The third-order valence-electron chi connectivity index (χ3n) is 3.07. The van der Waals surface area contributed by atoms with E-state index in [0.717, 1.165) is 11.6 Å². The maximum atomic E-state index is 6.09. The molecule has 0 bridgehead atoms. The Balaban J connectivity index is 2.22. The smallest absolute Gasteiger partial charge is 0.0951 e. The molecule has 0 unspecified atom stereocenters. The Bertz CT molecular complexity index is 316. The minimum Gasteiger partial charge on any atom is -0.330 e. The molecule has 0 spiro atoms. The minimum atomic E-state index is -0.282. The summed E-state index contributed by atoms with van der Waals surface area (Å²) in [6.07, 6.45) is 6.34. The van der Waals surface area contributed by atoms with Gasteiger partial charge < -0.3 is 10.3 Å². The van der Waals surface area contributed by atoms with Crippen LogP contribution in [0.2, 0.25) is 0 Å². The number of aromatic nitrogens is 2. The number of hydrogen-bond acceptors (Lipinski definition) is 2. The average Bonchev–Trinajstić information content (AvgIpc) is 2.44. The standard InChI is InChI=1S/C11H19N3/c1-8-4-9(5-8)14-7-13-6-10(14)11(2,3)12/h6-9H,4-5,12H2,1-3H3. The maximum Gasteiger partial charge on any atom is 0.0951 e. The molecule has 2 rings (SSSR count). The van der Waals surface area contributed by atoms with Crippen LogP contribution < -0.4 is 5.73 Å². The van der Waals surface area contributed by atoms with Gasteiger partial charge in [-0.05, 0) is 32.6 Å². The summed E-state index contributed by atoms with van der Waals surface area (Å²) in [6, 6.07) is 0.630. The van der Waals surface area contributed by atoms with Gasteiger partial charge >= 0.3 is 0 Å². The van der Waals surface area contributed by atoms with Gasteiger partial charge in [-0.3, -0.25) is 0 Å². The van der Waals surface area contributed by atoms with Crippen molar-refractivity contribution in [3.8, 4) is 0 Å². The van der Waals surface area contributed by atoms with Crippen molar-refractivity contribution in [3.05, 3.63) is 18.2 Å². The zero-order valence-corrected chi connectivity index (χ0v) is 9.20. The zero-order valence-electron chi connectivity index (χ0n) is 9.20. The molecule has 14 heavy (non-hydrogen) atoms. The van der Waals surface area contributed by atoms with E-state index in [0.29, 0.717) is 6.04 Å². The predicted octanol–water partition coefficient (Wildman–Crippen LogP) is 2.05. The average molecular weight is 193 g/mol. The molecule has 0 saturated heterocycles. The van der Waals surface area contributed by atoms with Crippen molar-refractivity contribution in [3.63, 3.8) is 0 Å². The van der Waals surface area contributed by atoms with Crippen molar-refractivity contribution in [1.29, 1.82) is 0 Å². The monoisotopic (exact) mass is 193 g/mol. The Hall–Kier alpha value is -0.830. The van der Waals surface area contributed by atoms with Crippen molar-refractivity contribution >= 4 is 0 Å². The van der Waals surface area contributed by atoms with E-state index in [4.69, 9.17) is 5.73 Å². The van der Waals surface area contributed by atoms with Crippen LogP contribution in [0.4, 0.5) is 0 Å². The highest BCUT2D eigenvalue weighted by atomic mass is 15.1. The molecule has 3 heteroatoms. The first-order valence-electron chi connectivity index (χ1n) is 5.29. The van der Waals surface area contributed by atoms with Crippen LogP contribution >= 0.6 is 0 Å². The molecule has 1 aliphatic rings. The van der Waals surface area contributed by atoms with Gasteiger partial charge in [0.2, 0.25) is 0 Å². The fourth-order valence-corrected chi connectivity index (χ4v) is 2.18. The van der Waals surface area contributed by atoms with E-state index in [1.165, 1.54) is 12.8 Å². The van der Waals surface area contributed by atoms with Crippen molar-refractivity contribution in [2.24, 2.45) is 11.7 Å². The molecule has 1 fully saturated rings. The first-order valence-corrected chi connectivity index (χ1v) is 5.29. The summed E-state index contributed by atoms with van der Waals surface area (Å²) >= 11 is 0. The molecular formula is C11H19N3. The lowest BCUT2D eigenvalue weighted by Gasteiger charge is -2.36. The molecular weight excluding hydrogens is 174 g/mol. The lowest BCUT2D eigenvalue weighted by Crippen LogP contribution is -2.35. The van der Waals surface area contributed by atoms with Gasteiger partial charge in [0.1, 0.15) is 0 Å². The van der Waals surface area contributed by atoms with E-state index < -0.39 is 0 Å². The number of nitrogens with zero attached hydrogens (tertiary/aromatic N) is 2. The molecule has 0 aliphatic heterocycles. The van der Waals surface area contributed by atoms with E-state index in [-0.39, 0.29) is 5.54 Å². The van der Waals surface area contributed by atoms with Crippen LogP contribution in [-0.2, 0) is 5.54 Å². The second kappa shape index (κ2) is 3.09. The summed E-state index contributed by atoms with van der Waals surface area (Å²) in [5.74, 6) is 0.858. The largest absolute Gasteiger partial charge is 0.330 e. The van der Waals surface area contributed by atoms with E-state index in [9.17, 15) is 0 Å². The number of hydrogen-bond donors (Lipinski definition) is 1. The summed E-state index contributed by atoms with van der Waals surface area (Å²) in [5, 5.41) is 0. The lowest BCUT2D eigenvalue weighted by molar-refractivity contribution is 0.206. The first kappa shape index (κ1) is 9.71. The van der Waals surface area contributed by atoms with E-state index in [2.05, 4.69) is 16.5 Å². The molecule has 0 amide bonds. The molecule has 1 heterocycles. The van der Waals surface area contributed by atoms with Crippen molar-refractivity contribution in [2.75, 3.05) is 0 Å². The molecule has 0 aromatic carbocycles. The quantitative estimate of drug-likeness (QED) is 0.781. The molecule has 0 atom stereocenters.